The lowest BCUT2D eigenvalue weighted by molar-refractivity contribution is 0.416. The van der Waals surface area contributed by atoms with E-state index >= 15 is 0 Å². The number of nitrogens with two attached hydrogens (primary N) is 1. The molecule has 2 rings (SSSR count). The first-order valence-corrected chi connectivity index (χ1v) is 9.47. The van der Waals surface area contributed by atoms with Gasteiger partial charge in [0.05, 0.1) is 10.7 Å². The molecule has 1 unspecified atom stereocenters. The van der Waals surface area contributed by atoms with Crippen molar-refractivity contribution in [3.8, 4) is 0 Å². The summed E-state index contributed by atoms with van der Waals surface area (Å²) in [6, 6.07) is 2.82. The van der Waals surface area contributed by atoms with E-state index in [4.69, 9.17) is 28.9 Å². The number of thioether (sulfide) groups is 1. The van der Waals surface area contributed by atoms with Crippen molar-refractivity contribution in [3.05, 3.63) is 22.2 Å². The van der Waals surface area contributed by atoms with Crippen LogP contribution in [0.4, 0.5) is 5.69 Å². The Labute approximate surface area is 133 Å². The van der Waals surface area contributed by atoms with Gasteiger partial charge in [0.1, 0.15) is 4.90 Å². The second kappa shape index (κ2) is 6.32. The maximum Gasteiger partial charge on any atom is 0.246 e. The van der Waals surface area contributed by atoms with Crippen molar-refractivity contribution >= 4 is 50.7 Å². The van der Waals surface area contributed by atoms with Crippen LogP contribution in [0.1, 0.15) is 13.3 Å². The van der Waals surface area contributed by atoms with E-state index in [1.165, 1.54) is 16.4 Å². The van der Waals surface area contributed by atoms with Crippen molar-refractivity contribution in [2.45, 2.75) is 23.5 Å². The van der Waals surface area contributed by atoms with Crippen LogP contribution in [0.5, 0.6) is 0 Å². The Hall–Kier alpha value is -0.140. The molecule has 0 bridgehead atoms. The summed E-state index contributed by atoms with van der Waals surface area (Å²) in [7, 11) is -3.68. The molecule has 2 N–H and O–H groups in total. The van der Waals surface area contributed by atoms with Crippen LogP contribution in [0.2, 0.25) is 10.0 Å². The van der Waals surface area contributed by atoms with Gasteiger partial charge in [-0.05, 0) is 18.6 Å². The van der Waals surface area contributed by atoms with Crippen LogP contribution in [0, 0.1) is 0 Å². The van der Waals surface area contributed by atoms with E-state index in [2.05, 4.69) is 6.92 Å². The Morgan fingerprint density at radius 3 is 2.75 bits per heavy atom. The number of nitrogen functional groups attached to an aromatic ring is 1. The Bertz CT molecular complexity index is 584. The molecule has 1 aromatic rings. The van der Waals surface area contributed by atoms with Gasteiger partial charge >= 0.3 is 0 Å². The predicted molar refractivity (Wildman–Crippen MR) is 86.2 cm³/mol. The molecule has 8 heteroatoms. The first-order chi connectivity index (χ1) is 9.36. The molecule has 1 heterocycles. The number of anilines is 1. The average molecular weight is 355 g/mol. The molecule has 1 aromatic carbocycles. The summed E-state index contributed by atoms with van der Waals surface area (Å²) in [5.74, 6) is 0.781. The van der Waals surface area contributed by atoms with Crippen molar-refractivity contribution in [3.63, 3.8) is 0 Å². The van der Waals surface area contributed by atoms with Gasteiger partial charge in [0, 0.05) is 29.1 Å². The molecule has 1 saturated heterocycles. The molecule has 1 aliphatic heterocycles. The number of sulfonamides is 1. The fraction of sp³-hybridized carbons (Fsp3) is 0.500. The van der Waals surface area contributed by atoms with Gasteiger partial charge in [-0.2, -0.15) is 16.1 Å². The average Bonchev–Trinajstić information content (AvgIpc) is 2.37. The zero-order valence-corrected chi connectivity index (χ0v) is 14.1. The normalized spacial score (nSPS) is 21.1. The quantitative estimate of drug-likeness (QED) is 0.847. The molecule has 112 valence electrons. The zero-order chi connectivity index (χ0) is 14.9. The van der Waals surface area contributed by atoms with Gasteiger partial charge in [0.2, 0.25) is 10.0 Å². The fourth-order valence-electron chi connectivity index (χ4n) is 2.14. The van der Waals surface area contributed by atoms with Crippen molar-refractivity contribution in [1.82, 2.24) is 4.31 Å². The van der Waals surface area contributed by atoms with E-state index in [-0.39, 0.29) is 15.6 Å². The largest absolute Gasteiger partial charge is 0.398 e. The van der Waals surface area contributed by atoms with Crippen LogP contribution in [-0.2, 0) is 10.0 Å². The Morgan fingerprint density at radius 2 is 2.15 bits per heavy atom. The maximum absolute atomic E-state index is 12.7. The second-order valence-electron chi connectivity index (χ2n) is 4.57. The highest BCUT2D eigenvalue weighted by molar-refractivity contribution is 8.00. The van der Waals surface area contributed by atoms with Crippen LogP contribution >= 0.6 is 35.0 Å². The summed E-state index contributed by atoms with van der Waals surface area (Å²) in [4.78, 5) is -0.0367. The van der Waals surface area contributed by atoms with E-state index in [0.717, 1.165) is 12.2 Å². The van der Waals surface area contributed by atoms with E-state index in [0.29, 0.717) is 23.4 Å². The highest BCUT2D eigenvalue weighted by Gasteiger charge is 2.33. The topological polar surface area (TPSA) is 63.4 Å². The summed E-state index contributed by atoms with van der Waals surface area (Å²) in [5.41, 5.74) is 5.89. The third-order valence-corrected chi connectivity index (χ3v) is 7.18. The molecule has 1 atom stereocenters. The van der Waals surface area contributed by atoms with Gasteiger partial charge in [-0.3, -0.25) is 0 Å². The zero-order valence-electron chi connectivity index (χ0n) is 11.0. The lowest BCUT2D eigenvalue weighted by Crippen LogP contribution is -2.42. The summed E-state index contributed by atoms with van der Waals surface area (Å²) < 4.78 is 26.9. The molecule has 20 heavy (non-hydrogen) atoms. The Morgan fingerprint density at radius 1 is 1.45 bits per heavy atom. The summed E-state index contributed by atoms with van der Waals surface area (Å²) >= 11 is 13.7. The van der Waals surface area contributed by atoms with E-state index in [1.807, 2.05) is 0 Å². The third-order valence-electron chi connectivity index (χ3n) is 3.19. The predicted octanol–water partition coefficient (Wildman–Crippen LogP) is 3.09. The number of benzene rings is 1. The molecule has 0 aliphatic carbocycles. The van der Waals surface area contributed by atoms with Crippen molar-refractivity contribution in [2.24, 2.45) is 0 Å². The van der Waals surface area contributed by atoms with Crippen LogP contribution in [0.3, 0.4) is 0 Å². The highest BCUT2D eigenvalue weighted by Crippen LogP contribution is 2.35. The molecule has 0 radical (unpaired) electrons. The van der Waals surface area contributed by atoms with Gasteiger partial charge in [-0.25, -0.2) is 8.42 Å². The molecule has 0 amide bonds. The van der Waals surface area contributed by atoms with Gasteiger partial charge in [0.25, 0.3) is 0 Å². The fourth-order valence-corrected chi connectivity index (χ4v) is 5.96. The number of nitrogens with zero attached hydrogens (tertiary/aromatic N) is 1. The molecular formula is C12H16Cl2N2O2S2. The van der Waals surface area contributed by atoms with Gasteiger partial charge < -0.3 is 5.73 Å². The number of rotatable bonds is 3. The van der Waals surface area contributed by atoms with E-state index in [9.17, 15) is 8.42 Å². The number of hydrogen-bond acceptors (Lipinski definition) is 4. The van der Waals surface area contributed by atoms with Crippen molar-refractivity contribution in [2.75, 3.05) is 24.6 Å². The minimum Gasteiger partial charge on any atom is -0.398 e. The van der Waals surface area contributed by atoms with Crippen LogP contribution in [0.25, 0.3) is 0 Å². The summed E-state index contributed by atoms with van der Waals surface area (Å²) in [6.45, 7) is 3.02. The standard InChI is InChI=1S/C12H16Cl2N2O2S2/c1-2-9-7-16(3-4-19-9)20(17,18)12-10(14)5-8(13)6-11(12)15/h5-6,9H,2-4,7,15H2,1H3. The molecule has 1 aliphatic rings. The number of hydrogen-bond donors (Lipinski definition) is 1. The minimum atomic E-state index is -3.68. The third kappa shape index (κ3) is 3.20. The summed E-state index contributed by atoms with van der Waals surface area (Å²) in [6.07, 6.45) is 0.931. The van der Waals surface area contributed by atoms with E-state index < -0.39 is 10.0 Å². The molecular weight excluding hydrogens is 339 g/mol. The molecule has 0 aromatic heterocycles. The first-order valence-electron chi connectivity index (χ1n) is 6.22. The second-order valence-corrected chi connectivity index (χ2v) is 8.70. The Balaban J connectivity index is 2.40. The molecule has 4 nitrogen and oxygen atoms in total. The molecule has 0 saturated carbocycles. The maximum atomic E-state index is 12.7. The molecule has 1 fully saturated rings. The van der Waals surface area contributed by atoms with Crippen LogP contribution in [-0.4, -0.2) is 36.8 Å². The van der Waals surface area contributed by atoms with Crippen molar-refractivity contribution < 1.29 is 8.42 Å². The van der Waals surface area contributed by atoms with Crippen LogP contribution in [0.15, 0.2) is 17.0 Å². The summed E-state index contributed by atoms with van der Waals surface area (Å²) in [5, 5.41) is 0.708. The lowest BCUT2D eigenvalue weighted by atomic mass is 10.3. The van der Waals surface area contributed by atoms with Gasteiger partial charge in [-0.15, -0.1) is 0 Å². The Kier molecular flexibility index (Phi) is 5.13. The monoisotopic (exact) mass is 354 g/mol. The lowest BCUT2D eigenvalue weighted by Gasteiger charge is -2.31. The SMILES string of the molecule is CCC1CN(S(=O)(=O)c2c(N)cc(Cl)cc2Cl)CCS1. The number of halogens is 2. The van der Waals surface area contributed by atoms with Crippen molar-refractivity contribution in [1.29, 1.82) is 0 Å². The smallest absolute Gasteiger partial charge is 0.246 e. The van der Waals surface area contributed by atoms with Gasteiger partial charge in [-0.1, -0.05) is 30.1 Å². The first kappa shape index (κ1) is 16.2. The highest BCUT2D eigenvalue weighted by atomic mass is 35.5. The van der Waals surface area contributed by atoms with E-state index in [1.54, 1.807) is 11.8 Å². The minimum absolute atomic E-state index is 0.0367. The molecule has 0 spiro atoms. The van der Waals surface area contributed by atoms with Gasteiger partial charge in [0.15, 0.2) is 0 Å². The van der Waals surface area contributed by atoms with Crippen LogP contribution < -0.4 is 5.73 Å².